The first kappa shape index (κ1) is 15.1. The van der Waals surface area contributed by atoms with E-state index in [1.54, 1.807) is 0 Å². The summed E-state index contributed by atoms with van der Waals surface area (Å²) >= 11 is 0. The van der Waals surface area contributed by atoms with Crippen LogP contribution in [0.15, 0.2) is 0 Å². The molecule has 3 unspecified atom stereocenters. The zero-order chi connectivity index (χ0) is 14.0. The Hall–Kier alpha value is -0.330. The maximum absolute atomic E-state index is 12.1. The Balaban J connectivity index is 1.78. The number of likely N-dealkylation sites (N-methyl/N-ethyl adjacent to an activating group) is 1. The van der Waals surface area contributed by atoms with Gasteiger partial charge in [0.2, 0.25) is 0 Å². The van der Waals surface area contributed by atoms with Gasteiger partial charge in [0.15, 0.2) is 0 Å². The molecule has 2 fully saturated rings. The fourth-order valence-corrected chi connectivity index (χ4v) is 3.29. The highest BCUT2D eigenvalue weighted by Gasteiger charge is 2.35. The van der Waals surface area contributed by atoms with Gasteiger partial charge in [-0.15, -0.1) is 0 Å². The first-order chi connectivity index (χ1) is 8.87. The van der Waals surface area contributed by atoms with Gasteiger partial charge in [-0.3, -0.25) is 9.80 Å². The number of nitrogens with one attached hydrogen (secondary N) is 1. The van der Waals surface area contributed by atoms with E-state index in [0.717, 1.165) is 19.5 Å². The van der Waals surface area contributed by atoms with E-state index in [2.05, 4.69) is 22.2 Å². The van der Waals surface area contributed by atoms with Gasteiger partial charge in [0.25, 0.3) is 0 Å². The summed E-state index contributed by atoms with van der Waals surface area (Å²) in [5.74, 6) is 0. The molecule has 3 atom stereocenters. The molecule has 0 aromatic rings. The average Bonchev–Trinajstić information content (AvgIpc) is 2.50. The number of rotatable bonds is 4. The molecule has 0 aliphatic carbocycles. The molecule has 1 N–H and O–H groups in total. The molecule has 0 aromatic carbocycles. The normalized spacial score (nSPS) is 31.4. The summed E-state index contributed by atoms with van der Waals surface area (Å²) < 4.78 is 36.3. The molecule has 2 bridgehead atoms. The largest absolute Gasteiger partial charge is 0.401 e. The van der Waals surface area contributed by atoms with Crippen molar-refractivity contribution in [2.45, 2.75) is 50.5 Å². The highest BCUT2D eigenvalue weighted by Crippen LogP contribution is 2.29. The van der Waals surface area contributed by atoms with Crippen LogP contribution in [-0.4, -0.2) is 67.3 Å². The van der Waals surface area contributed by atoms with E-state index < -0.39 is 12.7 Å². The molecule has 2 saturated heterocycles. The average molecular weight is 279 g/mol. The minimum absolute atomic E-state index is 0.162. The number of likely N-dealkylation sites (tertiary alicyclic amines) is 1. The zero-order valence-corrected chi connectivity index (χ0v) is 11.7. The Morgan fingerprint density at radius 2 is 1.89 bits per heavy atom. The van der Waals surface area contributed by atoms with Crippen molar-refractivity contribution < 1.29 is 13.2 Å². The van der Waals surface area contributed by atoms with Crippen LogP contribution in [0, 0.1) is 0 Å². The van der Waals surface area contributed by atoms with Gasteiger partial charge in [-0.05, 0) is 33.2 Å². The second kappa shape index (κ2) is 5.97. The molecule has 112 valence electrons. The maximum Gasteiger partial charge on any atom is 0.401 e. The van der Waals surface area contributed by atoms with Crippen molar-refractivity contribution in [3.63, 3.8) is 0 Å². The molecule has 0 spiro atoms. The molecule has 19 heavy (non-hydrogen) atoms. The van der Waals surface area contributed by atoms with Crippen molar-refractivity contribution in [2.24, 2.45) is 0 Å². The van der Waals surface area contributed by atoms with Gasteiger partial charge in [-0.2, -0.15) is 13.2 Å². The standard InChI is InChI=1S/C13H24F3N3/c1-10(7-17-9-13(14,15)16)19-6-5-11-3-4-12(8-19)18(11)2/h10-12,17H,3-9H2,1-2H3. The molecule has 2 aliphatic heterocycles. The number of nitrogens with zero attached hydrogens (tertiary/aromatic N) is 2. The quantitative estimate of drug-likeness (QED) is 0.845. The molecular weight excluding hydrogens is 255 g/mol. The van der Waals surface area contributed by atoms with Crippen LogP contribution in [0.25, 0.3) is 0 Å². The smallest absolute Gasteiger partial charge is 0.307 e. The molecule has 0 aromatic heterocycles. The van der Waals surface area contributed by atoms with Crippen LogP contribution in [0.4, 0.5) is 13.2 Å². The molecule has 2 heterocycles. The fraction of sp³-hybridized carbons (Fsp3) is 1.00. The lowest BCUT2D eigenvalue weighted by atomic mass is 10.1. The third-order valence-electron chi connectivity index (χ3n) is 4.57. The summed E-state index contributed by atoms with van der Waals surface area (Å²) in [6, 6.07) is 1.41. The molecule has 2 aliphatic rings. The lowest BCUT2D eigenvalue weighted by molar-refractivity contribution is -0.125. The summed E-state index contributed by atoms with van der Waals surface area (Å²) in [6.07, 6.45) is -0.482. The highest BCUT2D eigenvalue weighted by molar-refractivity contribution is 4.92. The number of fused-ring (bicyclic) bond motifs is 2. The summed E-state index contributed by atoms with van der Waals surface area (Å²) in [7, 11) is 2.18. The Labute approximate surface area is 113 Å². The van der Waals surface area contributed by atoms with Crippen LogP contribution >= 0.6 is 0 Å². The van der Waals surface area contributed by atoms with E-state index in [0.29, 0.717) is 18.6 Å². The number of alkyl halides is 3. The SMILES string of the molecule is CC(CNCC(F)(F)F)N1CCC2CCC(C1)N2C. The first-order valence-electron chi connectivity index (χ1n) is 7.10. The van der Waals surface area contributed by atoms with Gasteiger partial charge in [-0.1, -0.05) is 0 Å². The third-order valence-corrected chi connectivity index (χ3v) is 4.57. The highest BCUT2D eigenvalue weighted by atomic mass is 19.4. The predicted octanol–water partition coefficient (Wildman–Crippen LogP) is 1.70. The number of hydrogen-bond acceptors (Lipinski definition) is 3. The van der Waals surface area contributed by atoms with Crippen molar-refractivity contribution >= 4 is 0 Å². The monoisotopic (exact) mass is 279 g/mol. The second-order valence-corrected chi connectivity index (χ2v) is 5.93. The summed E-state index contributed by atoms with van der Waals surface area (Å²) in [4.78, 5) is 4.79. The van der Waals surface area contributed by atoms with Crippen molar-refractivity contribution in [1.29, 1.82) is 0 Å². The van der Waals surface area contributed by atoms with Crippen LogP contribution < -0.4 is 5.32 Å². The Kier molecular flexibility index (Phi) is 4.74. The van der Waals surface area contributed by atoms with Gasteiger partial charge in [0.05, 0.1) is 6.54 Å². The van der Waals surface area contributed by atoms with Crippen molar-refractivity contribution in [2.75, 3.05) is 33.2 Å². The third kappa shape index (κ3) is 4.07. The van der Waals surface area contributed by atoms with E-state index in [9.17, 15) is 13.2 Å². The van der Waals surface area contributed by atoms with E-state index >= 15 is 0 Å². The van der Waals surface area contributed by atoms with Crippen molar-refractivity contribution in [1.82, 2.24) is 15.1 Å². The van der Waals surface area contributed by atoms with Gasteiger partial charge in [0, 0.05) is 37.8 Å². The maximum atomic E-state index is 12.1. The molecule has 6 heteroatoms. The van der Waals surface area contributed by atoms with Crippen LogP contribution in [-0.2, 0) is 0 Å². The Morgan fingerprint density at radius 3 is 2.58 bits per heavy atom. The van der Waals surface area contributed by atoms with E-state index in [-0.39, 0.29) is 6.04 Å². The van der Waals surface area contributed by atoms with Crippen molar-refractivity contribution in [3.05, 3.63) is 0 Å². The van der Waals surface area contributed by atoms with E-state index in [1.165, 1.54) is 12.8 Å². The molecular formula is C13H24F3N3. The number of hydrogen-bond donors (Lipinski definition) is 1. The molecule has 0 amide bonds. The van der Waals surface area contributed by atoms with Crippen molar-refractivity contribution in [3.8, 4) is 0 Å². The van der Waals surface area contributed by atoms with Gasteiger partial charge >= 0.3 is 6.18 Å². The lowest BCUT2D eigenvalue weighted by Crippen LogP contribution is -2.46. The minimum atomic E-state index is -4.11. The molecule has 3 nitrogen and oxygen atoms in total. The van der Waals surface area contributed by atoms with Crippen LogP contribution in [0.3, 0.4) is 0 Å². The van der Waals surface area contributed by atoms with E-state index in [1.807, 2.05) is 6.92 Å². The topological polar surface area (TPSA) is 18.5 Å². The first-order valence-corrected chi connectivity index (χ1v) is 7.10. The minimum Gasteiger partial charge on any atom is -0.307 e. The van der Waals surface area contributed by atoms with Crippen LogP contribution in [0.1, 0.15) is 26.2 Å². The molecule has 2 rings (SSSR count). The fourth-order valence-electron chi connectivity index (χ4n) is 3.29. The summed E-state index contributed by atoms with van der Waals surface area (Å²) in [5, 5.41) is 2.52. The predicted molar refractivity (Wildman–Crippen MR) is 69.1 cm³/mol. The Morgan fingerprint density at radius 1 is 1.21 bits per heavy atom. The van der Waals surface area contributed by atoms with Gasteiger partial charge in [-0.25, -0.2) is 0 Å². The summed E-state index contributed by atoms with van der Waals surface area (Å²) in [5.41, 5.74) is 0. The molecule has 0 radical (unpaired) electrons. The van der Waals surface area contributed by atoms with Crippen LogP contribution in [0.5, 0.6) is 0 Å². The van der Waals surface area contributed by atoms with Crippen LogP contribution in [0.2, 0.25) is 0 Å². The second-order valence-electron chi connectivity index (χ2n) is 5.93. The zero-order valence-electron chi connectivity index (χ0n) is 11.7. The Bertz CT molecular complexity index is 295. The summed E-state index contributed by atoms with van der Waals surface area (Å²) in [6.45, 7) is 3.52. The number of halogens is 3. The van der Waals surface area contributed by atoms with Gasteiger partial charge < -0.3 is 5.32 Å². The molecule has 0 saturated carbocycles. The van der Waals surface area contributed by atoms with E-state index in [4.69, 9.17) is 0 Å². The lowest BCUT2D eigenvalue weighted by Gasteiger charge is -2.31. The van der Waals surface area contributed by atoms with Gasteiger partial charge in [0.1, 0.15) is 0 Å².